The lowest BCUT2D eigenvalue weighted by Crippen LogP contribution is -2.04. The van der Waals surface area contributed by atoms with E-state index in [0.29, 0.717) is 47.3 Å². The van der Waals surface area contributed by atoms with Gasteiger partial charge in [-0.3, -0.25) is 10.1 Å². The molecule has 41 heavy (non-hydrogen) atoms. The third kappa shape index (κ3) is 7.96. The van der Waals surface area contributed by atoms with Gasteiger partial charge in [-0.2, -0.15) is 0 Å². The molecule has 0 aliphatic carbocycles. The molecule has 4 rings (SSSR count). The van der Waals surface area contributed by atoms with Gasteiger partial charge in [0, 0.05) is 35.7 Å². The number of carbonyl (C=O) groups is 2. The SMILES string of the molecule is CCOC(=O)/C=C/c1ccc(Nc2nc3ccc([N+](=O)[O-])cc3nc2Nc2ccc(/C=C/C(=O)OCC)cc2)cc1. The van der Waals surface area contributed by atoms with E-state index in [9.17, 15) is 19.7 Å². The molecule has 2 N–H and O–H groups in total. The predicted octanol–water partition coefficient (Wildman–Crippen LogP) is 6.18. The summed E-state index contributed by atoms with van der Waals surface area (Å²) in [4.78, 5) is 43.2. The summed E-state index contributed by atoms with van der Waals surface area (Å²) in [6, 6.07) is 18.8. The third-order valence-corrected chi connectivity index (χ3v) is 5.60. The minimum Gasteiger partial charge on any atom is -0.463 e. The van der Waals surface area contributed by atoms with E-state index in [1.165, 1.54) is 24.3 Å². The molecule has 0 amide bonds. The van der Waals surface area contributed by atoms with Crippen molar-refractivity contribution in [2.24, 2.45) is 0 Å². The fourth-order valence-electron chi connectivity index (χ4n) is 3.67. The molecule has 208 valence electrons. The highest BCUT2D eigenvalue weighted by Crippen LogP contribution is 2.29. The van der Waals surface area contributed by atoms with Crippen LogP contribution < -0.4 is 10.6 Å². The molecular formula is C30H27N5O6. The van der Waals surface area contributed by atoms with E-state index in [2.05, 4.69) is 20.6 Å². The van der Waals surface area contributed by atoms with Crippen LogP contribution in [0.4, 0.5) is 28.7 Å². The Morgan fingerprint density at radius 2 is 1.22 bits per heavy atom. The molecule has 0 unspecified atom stereocenters. The number of aromatic nitrogens is 2. The Labute approximate surface area is 235 Å². The second-order valence-corrected chi connectivity index (χ2v) is 8.52. The molecule has 11 nitrogen and oxygen atoms in total. The maximum atomic E-state index is 11.6. The molecule has 0 bridgehead atoms. The Kier molecular flexibility index (Phi) is 9.34. The smallest absolute Gasteiger partial charge is 0.330 e. The molecule has 4 aromatic rings. The van der Waals surface area contributed by atoms with Gasteiger partial charge in [-0.05, 0) is 67.5 Å². The molecule has 0 atom stereocenters. The average molecular weight is 554 g/mol. The van der Waals surface area contributed by atoms with Crippen molar-refractivity contribution in [2.45, 2.75) is 13.8 Å². The van der Waals surface area contributed by atoms with Crippen LogP contribution in [0.2, 0.25) is 0 Å². The number of anilines is 4. The van der Waals surface area contributed by atoms with E-state index in [1.54, 1.807) is 44.2 Å². The van der Waals surface area contributed by atoms with Gasteiger partial charge in [-0.15, -0.1) is 0 Å². The van der Waals surface area contributed by atoms with E-state index in [-0.39, 0.29) is 5.69 Å². The predicted molar refractivity (Wildman–Crippen MR) is 157 cm³/mol. The lowest BCUT2D eigenvalue weighted by molar-refractivity contribution is -0.384. The van der Waals surface area contributed by atoms with Crippen molar-refractivity contribution < 1.29 is 24.0 Å². The molecule has 0 aliphatic rings. The van der Waals surface area contributed by atoms with E-state index in [4.69, 9.17) is 9.47 Å². The Balaban J connectivity index is 1.61. The zero-order valence-corrected chi connectivity index (χ0v) is 22.4. The summed E-state index contributed by atoms with van der Waals surface area (Å²) in [6.45, 7) is 4.09. The lowest BCUT2D eigenvalue weighted by atomic mass is 10.2. The van der Waals surface area contributed by atoms with E-state index < -0.39 is 16.9 Å². The van der Waals surface area contributed by atoms with Crippen molar-refractivity contribution in [3.05, 3.63) is 100 Å². The van der Waals surface area contributed by atoms with E-state index >= 15 is 0 Å². The number of carbonyl (C=O) groups excluding carboxylic acids is 2. The Hall–Kier alpha value is -5.58. The van der Waals surface area contributed by atoms with Crippen molar-refractivity contribution in [3.63, 3.8) is 0 Å². The van der Waals surface area contributed by atoms with Crippen molar-refractivity contribution in [2.75, 3.05) is 23.8 Å². The van der Waals surface area contributed by atoms with Crippen LogP contribution in [0, 0.1) is 10.1 Å². The minimum atomic E-state index is -0.485. The first kappa shape index (κ1) is 28.4. The van der Waals surface area contributed by atoms with Gasteiger partial charge in [0.25, 0.3) is 5.69 Å². The number of hydrogen-bond donors (Lipinski definition) is 2. The molecule has 0 saturated carbocycles. The number of nitro benzene ring substituents is 1. The number of ether oxygens (including phenoxy) is 2. The van der Waals surface area contributed by atoms with Gasteiger partial charge in [0.2, 0.25) is 0 Å². The van der Waals surface area contributed by atoms with E-state index in [0.717, 1.165) is 11.1 Å². The molecule has 0 radical (unpaired) electrons. The second kappa shape index (κ2) is 13.5. The summed E-state index contributed by atoms with van der Waals surface area (Å²) in [5.74, 6) is -0.0966. The van der Waals surface area contributed by atoms with Crippen LogP contribution in [0.1, 0.15) is 25.0 Å². The number of hydrogen-bond acceptors (Lipinski definition) is 10. The summed E-state index contributed by atoms with van der Waals surface area (Å²) >= 11 is 0. The first-order chi connectivity index (χ1) is 19.8. The average Bonchev–Trinajstić information content (AvgIpc) is 2.96. The summed E-state index contributed by atoms with van der Waals surface area (Å²) in [5.41, 5.74) is 3.70. The van der Waals surface area contributed by atoms with Gasteiger partial charge in [0.15, 0.2) is 11.6 Å². The largest absolute Gasteiger partial charge is 0.463 e. The molecular weight excluding hydrogens is 526 g/mol. The molecule has 0 aliphatic heterocycles. The van der Waals surface area contributed by atoms with Gasteiger partial charge < -0.3 is 20.1 Å². The number of nitrogens with one attached hydrogen (secondary N) is 2. The van der Waals surface area contributed by atoms with Crippen LogP contribution >= 0.6 is 0 Å². The Bertz CT molecular complexity index is 1620. The third-order valence-electron chi connectivity index (χ3n) is 5.60. The van der Waals surface area contributed by atoms with Gasteiger partial charge in [-0.1, -0.05) is 24.3 Å². The standard InChI is InChI=1S/C30H27N5O6/c1-3-40-27(36)17-9-20-5-11-22(12-6-20)31-29-30(34-26-19-24(35(38)39)15-16-25(26)33-29)32-23-13-7-21(8-14-23)10-18-28(37)41-4-2/h5-19H,3-4H2,1-2H3,(H,31,33)(H,32,34)/b17-9+,18-10+. The van der Waals surface area contributed by atoms with Crippen LogP contribution in [0.3, 0.4) is 0 Å². The zero-order chi connectivity index (χ0) is 29.2. The van der Waals surface area contributed by atoms with Gasteiger partial charge in [0.1, 0.15) is 0 Å². The Morgan fingerprint density at radius 1 is 0.756 bits per heavy atom. The molecule has 0 fully saturated rings. The highest BCUT2D eigenvalue weighted by Gasteiger charge is 2.14. The van der Waals surface area contributed by atoms with Crippen LogP contribution in [-0.2, 0) is 19.1 Å². The Morgan fingerprint density at radius 3 is 1.66 bits per heavy atom. The maximum Gasteiger partial charge on any atom is 0.330 e. The number of benzene rings is 3. The van der Waals surface area contributed by atoms with Gasteiger partial charge >= 0.3 is 11.9 Å². The first-order valence-electron chi connectivity index (χ1n) is 12.7. The van der Waals surface area contributed by atoms with E-state index in [1.807, 2.05) is 36.4 Å². The van der Waals surface area contributed by atoms with Gasteiger partial charge in [0.05, 0.1) is 29.2 Å². The number of fused-ring (bicyclic) bond motifs is 1. The number of non-ortho nitro benzene ring substituents is 1. The van der Waals surface area contributed by atoms with Crippen molar-refractivity contribution in [1.29, 1.82) is 0 Å². The van der Waals surface area contributed by atoms with Crippen LogP contribution in [0.5, 0.6) is 0 Å². The number of nitrogens with zero attached hydrogens (tertiary/aromatic N) is 3. The zero-order valence-electron chi connectivity index (χ0n) is 22.4. The normalized spacial score (nSPS) is 11.1. The van der Waals surface area contributed by atoms with Crippen LogP contribution in [0.15, 0.2) is 78.9 Å². The molecule has 1 heterocycles. The summed E-state index contributed by atoms with van der Waals surface area (Å²) in [5, 5.41) is 17.8. The minimum absolute atomic E-state index is 0.0948. The van der Waals surface area contributed by atoms with Crippen LogP contribution in [-0.4, -0.2) is 40.0 Å². The molecule has 0 saturated heterocycles. The number of esters is 2. The number of rotatable bonds is 11. The summed E-state index contributed by atoms with van der Waals surface area (Å²) in [7, 11) is 0. The molecule has 1 aromatic heterocycles. The topological polar surface area (TPSA) is 146 Å². The fraction of sp³-hybridized carbons (Fsp3) is 0.133. The molecule has 3 aromatic carbocycles. The monoisotopic (exact) mass is 553 g/mol. The molecule has 0 spiro atoms. The summed E-state index contributed by atoms with van der Waals surface area (Å²) < 4.78 is 9.80. The molecule has 11 heteroatoms. The highest BCUT2D eigenvalue weighted by molar-refractivity contribution is 5.88. The lowest BCUT2D eigenvalue weighted by Gasteiger charge is -2.14. The van der Waals surface area contributed by atoms with Gasteiger partial charge in [-0.25, -0.2) is 19.6 Å². The van der Waals surface area contributed by atoms with Crippen molar-refractivity contribution in [1.82, 2.24) is 9.97 Å². The van der Waals surface area contributed by atoms with Crippen molar-refractivity contribution in [3.8, 4) is 0 Å². The number of nitro groups is 1. The quantitative estimate of drug-likeness (QED) is 0.0955. The fourth-order valence-corrected chi connectivity index (χ4v) is 3.67. The maximum absolute atomic E-state index is 11.6. The summed E-state index contributed by atoms with van der Waals surface area (Å²) in [6.07, 6.45) is 6.02. The highest BCUT2D eigenvalue weighted by atomic mass is 16.6. The van der Waals surface area contributed by atoms with Crippen molar-refractivity contribution >= 4 is 63.8 Å². The first-order valence-corrected chi connectivity index (χ1v) is 12.7. The van der Waals surface area contributed by atoms with Crippen LogP contribution in [0.25, 0.3) is 23.2 Å². The second-order valence-electron chi connectivity index (χ2n) is 8.52.